The average molecular weight is 1920 g/mol. The van der Waals surface area contributed by atoms with Gasteiger partial charge in [0.05, 0.1) is 269 Å². The van der Waals surface area contributed by atoms with Crippen LogP contribution in [0.5, 0.6) is 0 Å². The summed E-state index contributed by atoms with van der Waals surface area (Å²) >= 11 is 0. The van der Waals surface area contributed by atoms with Crippen LogP contribution in [0.3, 0.4) is 0 Å². The van der Waals surface area contributed by atoms with E-state index in [1.54, 1.807) is 32.6 Å². The Morgan fingerprint density at radius 2 is 0.778 bits per heavy atom. The molecule has 0 spiro atoms. The fourth-order valence-electron chi connectivity index (χ4n) is 17.3. The lowest BCUT2D eigenvalue weighted by Gasteiger charge is -2.42. The van der Waals surface area contributed by atoms with Crippen molar-refractivity contribution in [1.29, 1.82) is 0 Å². The molecule has 0 radical (unpaired) electrons. The number of benzene rings is 1. The number of unbranched alkanes of at least 4 members (excludes halogenated alkanes) is 4. The van der Waals surface area contributed by atoms with Crippen molar-refractivity contribution in [2.75, 3.05) is 211 Å². The van der Waals surface area contributed by atoms with Crippen LogP contribution < -0.4 is 21.3 Å². The zero-order valence-corrected chi connectivity index (χ0v) is 79.5. The van der Waals surface area contributed by atoms with Crippen LogP contribution in [-0.4, -0.2) is 387 Å². The lowest BCUT2D eigenvalue weighted by molar-refractivity contribution is -0.214. The summed E-state index contributed by atoms with van der Waals surface area (Å²) in [6.07, 6.45) is 6.91. The minimum atomic E-state index is -1.28. The number of ether oxygens (including phenoxy) is 28. The first-order valence-corrected chi connectivity index (χ1v) is 47.5. The highest BCUT2D eigenvalue weighted by Crippen LogP contribution is 2.50. The number of amides is 4. The van der Waals surface area contributed by atoms with Crippen molar-refractivity contribution in [3.8, 4) is 0 Å². The van der Waals surface area contributed by atoms with Gasteiger partial charge in [-0.2, -0.15) is 0 Å². The van der Waals surface area contributed by atoms with Crippen molar-refractivity contribution in [3.63, 3.8) is 0 Å². The number of carbonyl (C=O) groups excluding carboxylic acids is 4. The lowest BCUT2D eigenvalue weighted by Crippen LogP contribution is -2.65. The van der Waals surface area contributed by atoms with Gasteiger partial charge in [0.2, 0.25) is 23.6 Å². The molecule has 9 fully saturated rings. The normalized spacial score (nSPS) is 26.9. The van der Waals surface area contributed by atoms with Gasteiger partial charge < -0.3 is 154 Å². The molecule has 12 heterocycles. The van der Waals surface area contributed by atoms with Crippen LogP contribution in [0.2, 0.25) is 0 Å². The average Bonchev–Trinajstić information content (AvgIpc) is 1.57. The first kappa shape index (κ1) is 106. The first-order chi connectivity index (χ1) is 65.4. The van der Waals surface area contributed by atoms with Gasteiger partial charge in [0.1, 0.15) is 82.0 Å². The van der Waals surface area contributed by atoms with Crippen molar-refractivity contribution in [3.05, 3.63) is 71.6 Å². The van der Waals surface area contributed by atoms with E-state index in [0.29, 0.717) is 241 Å². The number of rotatable bonds is 71. The van der Waals surface area contributed by atoms with Crippen molar-refractivity contribution in [2.45, 2.75) is 267 Å². The van der Waals surface area contributed by atoms with Gasteiger partial charge in [-0.3, -0.25) is 19.2 Å². The molecule has 9 aliphatic heterocycles. The predicted octanol–water partition coefficient (Wildman–Crippen LogP) is 2.25. The van der Waals surface area contributed by atoms with E-state index in [-0.39, 0.29) is 115 Å². The number of nitrogens with zero attached hydrogens (tertiary/aromatic N) is 9. The Bertz CT molecular complexity index is 3990. The number of nitrogens with one attached hydrogen (secondary N) is 4. The van der Waals surface area contributed by atoms with Crippen molar-refractivity contribution in [1.82, 2.24) is 66.2 Å². The number of aromatic nitrogens is 9. The quantitative estimate of drug-likeness (QED) is 0.0460. The van der Waals surface area contributed by atoms with Crippen LogP contribution >= 0.6 is 0 Å². The number of hydrogen-bond donors (Lipinski definition) is 4. The Hall–Kier alpha value is -6.60. The Balaban J connectivity index is 0.537. The minimum Gasteiger partial charge on any atom is -0.377 e. The van der Waals surface area contributed by atoms with Gasteiger partial charge in [-0.1, -0.05) is 58.8 Å². The van der Waals surface area contributed by atoms with Crippen LogP contribution in [0.4, 0.5) is 0 Å². The summed E-state index contributed by atoms with van der Waals surface area (Å²) in [6.45, 7) is 25.5. The summed E-state index contributed by atoms with van der Waals surface area (Å²) in [7, 11) is 0. The molecule has 4 N–H and O–H groups in total. The van der Waals surface area contributed by atoms with E-state index in [4.69, 9.17) is 133 Å². The molecule has 0 aliphatic carbocycles. The molecule has 1 aromatic carbocycles. The molecule has 760 valence electrons. The molecular formula is C90H143N13O32. The molecule has 45 heteroatoms. The van der Waals surface area contributed by atoms with Gasteiger partial charge in [-0.05, 0) is 72.8 Å². The van der Waals surface area contributed by atoms with Gasteiger partial charge in [0.15, 0.2) is 36.2 Å². The number of carbonyl (C=O) groups is 4. The summed E-state index contributed by atoms with van der Waals surface area (Å²) in [5.41, 5.74) is -1.07. The van der Waals surface area contributed by atoms with E-state index in [1.807, 2.05) is 71.9 Å². The fourth-order valence-corrected chi connectivity index (χ4v) is 17.3. The standard InChI is InChI=1S/C90H143N13O32/c1-65(104)92-75-77-80(132-85(5,6)129-77)89(63-125-82(75)134-89)60-119-46-43-115-40-37-112-34-31-109-28-24-102-50-69(96-99-102)54-122-57-87(94-73(107)21-14-10-16-22-91-72(106)20-15-11-17-26-117-52-67-18-12-9-13-19-67,56-121-53-68-49-101(98-95-68)23-27-108-30-33-111-36-39-114-42-45-118-59-88-62-124-74(128-88)48-71-79(88)131-84(3,4)127-71)58-123-55-70-51-103(100-97-70)25-29-110-32-35-113-38-41-116-44-47-120-61-90-64-126-83(135-90)76(93-66(2)105)78-81(90)133-86(7,8)130-78/h9,12-13,18-19,49-51,71,74-83H,10-11,14-17,20-48,52-64H2,1-8H3,(H,91,106)(H,92,104)(H,93,105)(H,94,107)/t71-,74+,75-,76-,77-,78-,79-,80-,81-,82-,83+,87?,88+,89+,90+/m1/s1. The maximum atomic E-state index is 14.3. The second-order valence-corrected chi connectivity index (χ2v) is 36.4. The number of hydrogen-bond acceptors (Lipinski definition) is 38. The Kier molecular flexibility index (Phi) is 41.7. The maximum Gasteiger partial charge on any atom is 0.220 e. The van der Waals surface area contributed by atoms with Crippen LogP contribution in [0.25, 0.3) is 0 Å². The fraction of sp³-hybridized carbons (Fsp3) is 0.822. The Morgan fingerprint density at radius 3 is 1.21 bits per heavy atom. The van der Waals surface area contributed by atoms with E-state index in [9.17, 15) is 19.2 Å². The summed E-state index contributed by atoms with van der Waals surface area (Å²) in [4.78, 5) is 51.2. The zero-order valence-electron chi connectivity index (χ0n) is 79.5. The van der Waals surface area contributed by atoms with E-state index in [0.717, 1.165) is 24.8 Å². The van der Waals surface area contributed by atoms with Gasteiger partial charge in [-0.25, -0.2) is 14.0 Å². The lowest BCUT2D eigenvalue weighted by atomic mass is 9.88. The van der Waals surface area contributed by atoms with Crippen LogP contribution in [0.15, 0.2) is 48.9 Å². The molecule has 1 unspecified atom stereocenters. The molecular weight excluding hydrogens is 1780 g/mol. The minimum absolute atomic E-state index is 0.00313. The summed E-state index contributed by atoms with van der Waals surface area (Å²) < 4.78 is 174. The predicted molar refractivity (Wildman–Crippen MR) is 468 cm³/mol. The highest BCUT2D eigenvalue weighted by Gasteiger charge is 2.68. The molecule has 0 saturated carbocycles. The molecule has 4 amide bonds. The van der Waals surface area contributed by atoms with Gasteiger partial charge in [0.25, 0.3) is 0 Å². The second kappa shape index (κ2) is 53.3. The first-order valence-electron chi connectivity index (χ1n) is 47.5. The monoisotopic (exact) mass is 1920 g/mol. The van der Waals surface area contributed by atoms with E-state index in [2.05, 4.69) is 52.2 Å². The third-order valence-electron chi connectivity index (χ3n) is 23.6. The van der Waals surface area contributed by atoms with Gasteiger partial charge >= 0.3 is 0 Å². The smallest absolute Gasteiger partial charge is 0.220 e. The maximum absolute atomic E-state index is 14.3. The summed E-state index contributed by atoms with van der Waals surface area (Å²) in [6, 6.07) is 9.01. The van der Waals surface area contributed by atoms with Gasteiger partial charge in [0, 0.05) is 46.3 Å². The van der Waals surface area contributed by atoms with Gasteiger partial charge in [-0.15, -0.1) is 15.3 Å². The molecule has 6 bridgehead atoms. The Morgan fingerprint density at radius 1 is 0.393 bits per heavy atom. The number of fused-ring (bicyclic) bond motifs is 12. The molecule has 15 atom stereocenters. The molecule has 135 heavy (non-hydrogen) atoms. The van der Waals surface area contributed by atoms with E-state index in [1.165, 1.54) is 13.8 Å². The zero-order chi connectivity index (χ0) is 94.7. The molecule has 3 aromatic heterocycles. The highest BCUT2D eigenvalue weighted by atomic mass is 16.8. The van der Waals surface area contributed by atoms with Crippen LogP contribution in [0, 0.1) is 0 Å². The molecule has 9 saturated heterocycles. The summed E-state index contributed by atoms with van der Waals surface area (Å²) in [5, 5.41) is 38.2. The molecule has 13 rings (SSSR count). The van der Waals surface area contributed by atoms with Crippen molar-refractivity contribution >= 4 is 23.6 Å². The van der Waals surface area contributed by atoms with E-state index < -0.39 is 88.8 Å². The third kappa shape index (κ3) is 33.3. The highest BCUT2D eigenvalue weighted by molar-refractivity contribution is 5.77. The van der Waals surface area contributed by atoms with Crippen molar-refractivity contribution in [2.24, 2.45) is 0 Å². The molecule has 9 aliphatic rings. The molecule has 4 aromatic rings. The topological polar surface area (TPSA) is 467 Å². The SMILES string of the molecule is CC(=O)N[C@H]1[C@@H]2OC[C@](COCCOCCOCCOCCn3cc(COCC(COCc4cn(CCOCCOCCOCCOC[C@@]56CO[C@@H](O5)[C@H](NC(C)=O)[C@H]5OC(C)(C)O[C@H]56)nn4)(COCc4cn(CCOCCOCCOCCOC[C@]56CO[C@H](C[C@H]7OC(C)(C)O[C@H]75)O6)nn4)NC(=O)CCCCCNC(=O)CCCCCOCc4ccccc4)nn3)(O2)[C@@H]2OC(C)(C)O[C@H]12. The van der Waals surface area contributed by atoms with Crippen molar-refractivity contribution < 1.29 is 152 Å². The molecule has 45 nitrogen and oxygen atoms in total. The van der Waals surface area contributed by atoms with Crippen LogP contribution in [0.1, 0.15) is 136 Å². The largest absolute Gasteiger partial charge is 0.377 e. The Labute approximate surface area is 787 Å². The second-order valence-electron chi connectivity index (χ2n) is 36.4. The van der Waals surface area contributed by atoms with E-state index >= 15 is 0 Å². The third-order valence-corrected chi connectivity index (χ3v) is 23.6. The summed E-state index contributed by atoms with van der Waals surface area (Å²) in [5.74, 6) is -3.14. The van der Waals surface area contributed by atoms with Crippen LogP contribution in [-0.2, 0) is 198 Å².